The number of Topliss-reactive ketones (excluding diaryl/α,β-unsaturated/α-hetero) is 1. The lowest BCUT2D eigenvalue weighted by atomic mass is 9.80. The number of ketones is 1. The fourth-order valence-corrected chi connectivity index (χ4v) is 7.83. The maximum atomic E-state index is 14.7. The smallest absolute Gasteiger partial charge is 0.166 e. The van der Waals surface area contributed by atoms with Crippen LogP contribution in [0.4, 0.5) is 0 Å². The molecule has 6 aromatic rings. The molecular weight excluding hydrogens is 707 g/mol. The van der Waals surface area contributed by atoms with Crippen molar-refractivity contribution in [2.45, 2.75) is 45.3 Å². The van der Waals surface area contributed by atoms with E-state index in [2.05, 4.69) is 66.5 Å². The highest BCUT2D eigenvalue weighted by Gasteiger charge is 2.38. The molecule has 1 N–H and O–H groups in total. The molecule has 1 atom stereocenters. The average molecular weight is 756 g/mol. The van der Waals surface area contributed by atoms with Crippen LogP contribution in [0.25, 0.3) is 16.7 Å². The van der Waals surface area contributed by atoms with Crippen LogP contribution in [0.1, 0.15) is 59.2 Å². The molecule has 5 aromatic carbocycles. The molecule has 0 saturated heterocycles. The summed E-state index contributed by atoms with van der Waals surface area (Å²) in [6.07, 6.45) is 7.70. The first-order chi connectivity index (χ1) is 27.8. The molecule has 0 aliphatic heterocycles. The highest BCUT2D eigenvalue weighted by Crippen LogP contribution is 2.42. The molecule has 1 aliphatic carbocycles. The number of ether oxygens (including phenoxy) is 3. The molecule has 0 fully saturated rings. The zero-order valence-corrected chi connectivity index (χ0v) is 33.1. The van der Waals surface area contributed by atoms with E-state index in [1.54, 1.807) is 20.4 Å². The van der Waals surface area contributed by atoms with Crippen molar-refractivity contribution in [1.29, 1.82) is 0 Å². The van der Waals surface area contributed by atoms with Gasteiger partial charge in [-0.1, -0.05) is 122 Å². The van der Waals surface area contributed by atoms with Crippen LogP contribution in [-0.2, 0) is 34.6 Å². The lowest BCUT2D eigenvalue weighted by Crippen LogP contribution is -2.34. The number of aliphatic hydroxyl groups excluding tert-OH is 1. The topological polar surface area (TPSA) is 77.9 Å². The third-order valence-corrected chi connectivity index (χ3v) is 11.1. The van der Waals surface area contributed by atoms with Gasteiger partial charge in [-0.25, -0.2) is 0 Å². The number of nitrogens with zero attached hydrogens (tertiary/aromatic N) is 1. The Labute approximate surface area is 336 Å². The molecule has 288 valence electrons. The maximum Gasteiger partial charge on any atom is 0.166 e. The lowest BCUT2D eigenvalue weighted by Gasteiger charge is -2.36. The van der Waals surface area contributed by atoms with E-state index in [0.717, 1.165) is 72.7 Å². The largest absolute Gasteiger partial charge is 0.497 e. The summed E-state index contributed by atoms with van der Waals surface area (Å²) in [5, 5.41) is 9.63. The molecule has 0 spiro atoms. The van der Waals surface area contributed by atoms with Crippen LogP contribution < -0.4 is 9.47 Å². The molecule has 1 aliphatic rings. The normalized spacial score (nSPS) is 13.3. The first-order valence-electron chi connectivity index (χ1n) is 19.5. The number of pyridine rings is 1. The number of hydrogen-bond donors (Lipinski definition) is 1. The van der Waals surface area contributed by atoms with Gasteiger partial charge >= 0.3 is 0 Å². The number of aliphatic hydroxyl groups is 1. The summed E-state index contributed by atoms with van der Waals surface area (Å²) in [6.45, 7) is 4.41. The Bertz CT molecular complexity index is 2300. The zero-order valence-electron chi connectivity index (χ0n) is 33.1. The van der Waals surface area contributed by atoms with E-state index in [1.165, 1.54) is 5.56 Å². The Balaban J connectivity index is 1.22. The summed E-state index contributed by atoms with van der Waals surface area (Å²) in [4.78, 5) is 19.1. The summed E-state index contributed by atoms with van der Waals surface area (Å²) in [7, 11) is 3.32. The van der Waals surface area contributed by atoms with Crippen molar-refractivity contribution in [2.75, 3.05) is 20.8 Å². The Kier molecular flexibility index (Phi) is 12.2. The quantitative estimate of drug-likeness (QED) is 0.105. The molecule has 6 nitrogen and oxygen atoms in total. The van der Waals surface area contributed by atoms with Crippen LogP contribution in [0.15, 0.2) is 163 Å². The summed E-state index contributed by atoms with van der Waals surface area (Å²) in [5.41, 5.74) is 11.2. The van der Waals surface area contributed by atoms with Gasteiger partial charge in [-0.3, -0.25) is 9.78 Å². The minimum absolute atomic E-state index is 0.00230. The third kappa shape index (κ3) is 8.53. The monoisotopic (exact) mass is 755 g/mol. The summed E-state index contributed by atoms with van der Waals surface area (Å²) in [5.74, 6) is 1.28. The molecule has 0 bridgehead atoms. The number of benzene rings is 5. The average Bonchev–Trinajstić information content (AvgIpc) is 3.40. The number of rotatable bonds is 15. The Morgan fingerprint density at radius 2 is 1.39 bits per heavy atom. The van der Waals surface area contributed by atoms with Crippen molar-refractivity contribution in [3.8, 4) is 22.6 Å². The van der Waals surface area contributed by atoms with Crippen LogP contribution in [0.5, 0.6) is 11.5 Å². The van der Waals surface area contributed by atoms with Gasteiger partial charge in [0, 0.05) is 30.5 Å². The highest BCUT2D eigenvalue weighted by atomic mass is 16.5. The summed E-state index contributed by atoms with van der Waals surface area (Å²) >= 11 is 0. The van der Waals surface area contributed by atoms with Gasteiger partial charge in [0.25, 0.3) is 0 Å². The van der Waals surface area contributed by atoms with Gasteiger partial charge in [0.15, 0.2) is 5.78 Å². The second-order valence-electron chi connectivity index (χ2n) is 14.7. The van der Waals surface area contributed by atoms with Crippen molar-refractivity contribution < 1.29 is 24.1 Å². The van der Waals surface area contributed by atoms with Crippen LogP contribution in [-0.4, -0.2) is 36.7 Å². The van der Waals surface area contributed by atoms with Gasteiger partial charge < -0.3 is 19.3 Å². The molecule has 57 heavy (non-hydrogen) atoms. The number of fused-ring (bicyclic) bond motifs is 1. The standard InChI is InChI=1S/C51H49NO5/c1-35(26-28-57-51(43-10-6-5-7-11-43,44-17-21-46(55-3)22-18-44)45-19-23-47(56-4)24-20-45)50(54)49-31-39(29-37-12-14-38(34-53)15-13-37)30-42-32-40(16-25-48(42)36(49)2)41-9-8-27-52-33-41/h5-25,27,31-33,35,53H,26,28-30,34H2,1-4H3. The first-order valence-corrected chi connectivity index (χ1v) is 19.5. The van der Waals surface area contributed by atoms with Crippen LogP contribution in [0, 0.1) is 5.92 Å². The maximum absolute atomic E-state index is 14.7. The molecular formula is C51H49NO5. The lowest BCUT2D eigenvalue weighted by molar-refractivity contribution is -0.119. The van der Waals surface area contributed by atoms with E-state index in [9.17, 15) is 9.90 Å². The molecule has 1 unspecified atom stereocenters. The fourth-order valence-electron chi connectivity index (χ4n) is 7.83. The Morgan fingerprint density at radius 3 is 1.98 bits per heavy atom. The summed E-state index contributed by atoms with van der Waals surface area (Å²) < 4.78 is 18.2. The molecule has 1 aromatic heterocycles. The number of methoxy groups -OCH3 is 2. The van der Waals surface area contributed by atoms with Crippen molar-refractivity contribution in [3.63, 3.8) is 0 Å². The van der Waals surface area contributed by atoms with E-state index < -0.39 is 5.60 Å². The number of carbonyl (C=O) groups excluding carboxylic acids is 1. The number of hydrogen-bond acceptors (Lipinski definition) is 6. The summed E-state index contributed by atoms with van der Waals surface area (Å²) in [6, 6.07) is 44.8. The predicted molar refractivity (Wildman–Crippen MR) is 227 cm³/mol. The molecule has 7 rings (SSSR count). The fraction of sp³-hybridized carbons (Fsp3) is 0.216. The second kappa shape index (κ2) is 17.8. The van der Waals surface area contributed by atoms with Gasteiger partial charge in [0.2, 0.25) is 0 Å². The van der Waals surface area contributed by atoms with E-state index in [4.69, 9.17) is 14.2 Å². The van der Waals surface area contributed by atoms with Crippen molar-refractivity contribution >= 4 is 11.4 Å². The van der Waals surface area contributed by atoms with Crippen molar-refractivity contribution in [1.82, 2.24) is 4.98 Å². The SMILES string of the molecule is COc1ccc(C(OCCC(C)C(=O)C2=C(C)c3ccc(-c4cccnc4)cc3CC(Cc3ccc(CO)cc3)=C2)(c2ccccc2)c2ccc(OC)cc2)cc1. The van der Waals surface area contributed by atoms with E-state index in [0.29, 0.717) is 25.9 Å². The number of carbonyl (C=O) groups is 1. The van der Waals surface area contributed by atoms with Gasteiger partial charge in [0.1, 0.15) is 17.1 Å². The van der Waals surface area contributed by atoms with Gasteiger partial charge in [-0.15, -0.1) is 0 Å². The predicted octanol–water partition coefficient (Wildman–Crippen LogP) is 10.4. The molecule has 1 heterocycles. The second-order valence-corrected chi connectivity index (χ2v) is 14.7. The highest BCUT2D eigenvalue weighted by molar-refractivity contribution is 6.06. The minimum atomic E-state index is -0.969. The van der Waals surface area contributed by atoms with Crippen LogP contribution in [0.2, 0.25) is 0 Å². The van der Waals surface area contributed by atoms with Gasteiger partial charge in [-0.05, 0) is 112 Å². The molecule has 0 saturated carbocycles. The number of aromatic nitrogens is 1. The van der Waals surface area contributed by atoms with Crippen LogP contribution in [0.3, 0.4) is 0 Å². The van der Waals surface area contributed by atoms with E-state index in [-0.39, 0.29) is 18.3 Å². The molecule has 0 amide bonds. The Hall–Kier alpha value is -6.08. The van der Waals surface area contributed by atoms with E-state index in [1.807, 2.05) is 98.0 Å². The van der Waals surface area contributed by atoms with Crippen LogP contribution >= 0.6 is 0 Å². The van der Waals surface area contributed by atoms with Gasteiger partial charge in [-0.2, -0.15) is 0 Å². The molecule has 0 radical (unpaired) electrons. The first kappa shape index (κ1) is 39.2. The molecule has 6 heteroatoms. The van der Waals surface area contributed by atoms with E-state index >= 15 is 0 Å². The Morgan fingerprint density at radius 1 is 0.754 bits per heavy atom. The third-order valence-electron chi connectivity index (χ3n) is 11.1. The van der Waals surface area contributed by atoms with Crippen molar-refractivity contribution in [3.05, 3.63) is 202 Å². The number of allylic oxidation sites excluding steroid dienone is 4. The minimum Gasteiger partial charge on any atom is -0.497 e. The van der Waals surface area contributed by atoms with Gasteiger partial charge in [0.05, 0.1) is 20.8 Å². The zero-order chi connectivity index (χ0) is 39.8. The van der Waals surface area contributed by atoms with Crippen molar-refractivity contribution in [2.24, 2.45) is 5.92 Å².